The van der Waals surface area contributed by atoms with Crippen molar-refractivity contribution in [3.63, 3.8) is 0 Å². The first-order valence-electron chi connectivity index (χ1n) is 17.2. The van der Waals surface area contributed by atoms with Crippen molar-refractivity contribution in [2.75, 3.05) is 18.1 Å². The van der Waals surface area contributed by atoms with Crippen LogP contribution in [0.15, 0.2) is 36.4 Å². The maximum absolute atomic E-state index is 13.5. The molecule has 0 spiro atoms. The lowest BCUT2D eigenvalue weighted by molar-refractivity contribution is -0.167. The number of aliphatic carboxylic acids is 1. The highest BCUT2D eigenvalue weighted by atomic mass is 32.2. The number of carboxylic acids is 1. The Kier molecular flexibility index (Phi) is 22.2. The number of aliphatic hydroxyl groups is 1. The largest absolute Gasteiger partial charge is 0.494 e. The molecule has 0 aliphatic rings. The number of unbranched alkanes of at least 4 members (excludes halogenated alkanes) is 10. The van der Waals surface area contributed by atoms with Crippen LogP contribution in [0.25, 0.3) is 0 Å². The molecule has 3 atom stereocenters. The van der Waals surface area contributed by atoms with E-state index in [1.165, 1.54) is 56.1 Å². The molecule has 1 rings (SSSR count). The van der Waals surface area contributed by atoms with Crippen LogP contribution in [0.3, 0.4) is 0 Å². The average Bonchev–Trinajstić information content (AvgIpc) is 3.02. The molecule has 8 nitrogen and oxygen atoms in total. The number of benzene rings is 1. The van der Waals surface area contributed by atoms with E-state index in [1.54, 1.807) is 18.2 Å². The molecule has 0 bridgehead atoms. The lowest BCUT2D eigenvalue weighted by Crippen LogP contribution is -2.55. The number of nitrogens with two attached hydrogens (primary N) is 1. The van der Waals surface area contributed by atoms with Gasteiger partial charge in [0.15, 0.2) is 5.60 Å². The molecule has 0 unspecified atom stereocenters. The number of carboxylic acid groups (broad SMARTS) is 1. The van der Waals surface area contributed by atoms with Gasteiger partial charge >= 0.3 is 5.97 Å². The van der Waals surface area contributed by atoms with Gasteiger partial charge in [-0.25, -0.2) is 4.79 Å². The van der Waals surface area contributed by atoms with Gasteiger partial charge in [-0.15, -0.1) is 0 Å². The highest BCUT2D eigenvalue weighted by molar-refractivity contribution is 7.99. The fraction of sp³-hybridized carbons (Fsp3) is 0.694. The summed E-state index contributed by atoms with van der Waals surface area (Å²) in [5.74, 6) is -1.18. The van der Waals surface area contributed by atoms with Crippen molar-refractivity contribution in [3.05, 3.63) is 42.0 Å². The number of allylic oxidation sites excluding steroid dienone is 1. The minimum absolute atomic E-state index is 0.0851. The van der Waals surface area contributed by atoms with E-state index in [2.05, 4.69) is 19.2 Å². The monoisotopic (exact) mass is 648 g/mol. The first kappa shape index (κ1) is 40.5. The maximum atomic E-state index is 13.5. The molecule has 9 heteroatoms. The van der Waals surface area contributed by atoms with Crippen molar-refractivity contribution in [1.29, 1.82) is 0 Å². The minimum atomic E-state index is -2.30. The summed E-state index contributed by atoms with van der Waals surface area (Å²) in [7, 11) is 0. The van der Waals surface area contributed by atoms with Crippen LogP contribution in [0, 0.1) is 5.92 Å². The van der Waals surface area contributed by atoms with Gasteiger partial charge < -0.3 is 26.0 Å². The third-order valence-electron chi connectivity index (χ3n) is 8.00. The van der Waals surface area contributed by atoms with E-state index in [0.29, 0.717) is 31.6 Å². The summed E-state index contributed by atoms with van der Waals surface area (Å²) in [6, 6.07) is 6.15. The second-order valence-electron chi connectivity index (χ2n) is 12.0. The average molecular weight is 649 g/mol. The number of ether oxygens (including phenoxy) is 1. The number of primary amides is 1. The number of thioether (sulfide) groups is 1. The van der Waals surface area contributed by atoms with Crippen molar-refractivity contribution < 1.29 is 29.3 Å². The molecule has 0 aliphatic heterocycles. The second-order valence-corrected chi connectivity index (χ2v) is 13.2. The van der Waals surface area contributed by atoms with Crippen LogP contribution in [0.2, 0.25) is 0 Å². The number of carbonyl (C=O) groups is 3. The number of hydrogen-bond acceptors (Lipinski definition) is 6. The highest BCUT2D eigenvalue weighted by Gasteiger charge is 2.46. The Labute approximate surface area is 276 Å². The SMILES string of the molecule is CCCCCCCSCCCCCC/C=C/[C@H](C(=O)N[C@@H](Cc1ccc(OCCCC)cc1)C(N)=O)[C@@](O)(CCCC)C(=O)O. The van der Waals surface area contributed by atoms with Gasteiger partial charge in [-0.2, -0.15) is 11.8 Å². The van der Waals surface area contributed by atoms with E-state index in [-0.39, 0.29) is 12.8 Å². The molecular formula is C36H60N2O6S. The van der Waals surface area contributed by atoms with Gasteiger partial charge in [0.1, 0.15) is 11.8 Å². The molecule has 0 saturated carbocycles. The smallest absolute Gasteiger partial charge is 0.336 e. The first-order chi connectivity index (χ1) is 21.7. The van der Waals surface area contributed by atoms with Crippen LogP contribution in [-0.2, 0) is 20.8 Å². The predicted octanol–water partition coefficient (Wildman–Crippen LogP) is 7.21. The molecule has 256 valence electrons. The van der Waals surface area contributed by atoms with E-state index in [0.717, 1.165) is 37.7 Å². The molecule has 45 heavy (non-hydrogen) atoms. The van der Waals surface area contributed by atoms with Crippen LogP contribution in [0.4, 0.5) is 0 Å². The van der Waals surface area contributed by atoms with Crippen molar-refractivity contribution in [1.82, 2.24) is 5.32 Å². The zero-order valence-electron chi connectivity index (χ0n) is 28.1. The topological polar surface area (TPSA) is 139 Å². The number of hydrogen-bond donors (Lipinski definition) is 4. The second kappa shape index (κ2) is 24.7. The molecule has 0 aromatic heterocycles. The summed E-state index contributed by atoms with van der Waals surface area (Å²) in [6.45, 7) is 6.83. The Morgan fingerprint density at radius 1 is 0.889 bits per heavy atom. The van der Waals surface area contributed by atoms with Gasteiger partial charge in [0, 0.05) is 6.42 Å². The molecule has 5 N–H and O–H groups in total. The molecule has 0 heterocycles. The number of carbonyl (C=O) groups excluding carboxylic acids is 2. The summed E-state index contributed by atoms with van der Waals surface area (Å²) in [5, 5.41) is 23.9. The Bertz CT molecular complexity index is 986. The van der Waals surface area contributed by atoms with Gasteiger partial charge in [-0.1, -0.05) is 103 Å². The van der Waals surface area contributed by atoms with Gasteiger partial charge in [0.2, 0.25) is 11.8 Å². The fourth-order valence-electron chi connectivity index (χ4n) is 5.04. The van der Waals surface area contributed by atoms with Crippen molar-refractivity contribution >= 4 is 29.5 Å². The summed E-state index contributed by atoms with van der Waals surface area (Å²) in [5.41, 5.74) is 4.11. The molecule has 1 aromatic rings. The van der Waals surface area contributed by atoms with E-state index in [1.807, 2.05) is 30.8 Å². The normalized spacial score (nSPS) is 14.1. The van der Waals surface area contributed by atoms with Crippen molar-refractivity contribution in [2.45, 2.75) is 135 Å². The summed E-state index contributed by atoms with van der Waals surface area (Å²) in [6.07, 6.45) is 17.9. The Morgan fingerprint density at radius 3 is 2.07 bits per heavy atom. The minimum Gasteiger partial charge on any atom is -0.494 e. The molecule has 0 fully saturated rings. The van der Waals surface area contributed by atoms with Crippen LogP contribution in [-0.4, -0.2) is 57.8 Å². The molecule has 0 aliphatic carbocycles. The standard InChI is InChI=1S/C36H60N2O6S/c1-4-7-10-14-17-26-45-27-18-15-12-11-13-16-19-31(36(43,35(41)42)24-8-5-2)34(40)38-32(33(37)39)28-29-20-22-30(23-21-29)44-25-9-6-3/h16,19-23,31-32,43H,4-15,17-18,24-28H2,1-3H3,(H2,37,39)(H,38,40)(H,41,42)/b19-16+/t31-,32+,36+/m1/s1. The van der Waals surface area contributed by atoms with Gasteiger partial charge in [0.25, 0.3) is 0 Å². The van der Waals surface area contributed by atoms with E-state index >= 15 is 0 Å². The van der Waals surface area contributed by atoms with Gasteiger partial charge in [0.05, 0.1) is 12.5 Å². The molecule has 0 radical (unpaired) electrons. The predicted molar refractivity (Wildman–Crippen MR) is 186 cm³/mol. The van der Waals surface area contributed by atoms with Gasteiger partial charge in [-0.3, -0.25) is 9.59 Å². The summed E-state index contributed by atoms with van der Waals surface area (Å²) >= 11 is 2.03. The zero-order valence-corrected chi connectivity index (χ0v) is 28.9. The molecule has 0 saturated heterocycles. The maximum Gasteiger partial charge on any atom is 0.336 e. The Morgan fingerprint density at radius 2 is 1.49 bits per heavy atom. The fourth-order valence-corrected chi connectivity index (χ4v) is 6.06. The van der Waals surface area contributed by atoms with Crippen LogP contribution < -0.4 is 15.8 Å². The Hall–Kier alpha value is -2.52. The van der Waals surface area contributed by atoms with Crippen LogP contribution in [0.5, 0.6) is 5.75 Å². The Balaban J connectivity index is 2.77. The number of nitrogens with one attached hydrogen (secondary N) is 1. The van der Waals surface area contributed by atoms with E-state index < -0.39 is 35.3 Å². The highest BCUT2D eigenvalue weighted by Crippen LogP contribution is 2.27. The lowest BCUT2D eigenvalue weighted by atomic mass is 9.81. The van der Waals surface area contributed by atoms with Crippen LogP contribution >= 0.6 is 11.8 Å². The third kappa shape index (κ3) is 17.1. The molecule has 1 aromatic carbocycles. The van der Waals surface area contributed by atoms with Crippen molar-refractivity contribution in [2.24, 2.45) is 11.7 Å². The lowest BCUT2D eigenvalue weighted by Gasteiger charge is -2.31. The zero-order chi connectivity index (χ0) is 33.3. The van der Waals surface area contributed by atoms with Crippen molar-refractivity contribution in [3.8, 4) is 5.75 Å². The number of rotatable bonds is 28. The van der Waals surface area contributed by atoms with Crippen LogP contribution in [0.1, 0.15) is 123 Å². The first-order valence-corrected chi connectivity index (χ1v) is 18.4. The number of amides is 2. The summed E-state index contributed by atoms with van der Waals surface area (Å²) < 4.78 is 5.69. The van der Waals surface area contributed by atoms with E-state index in [9.17, 15) is 24.6 Å². The third-order valence-corrected chi connectivity index (χ3v) is 9.15. The quantitative estimate of drug-likeness (QED) is 0.0556. The molecule has 2 amide bonds. The summed E-state index contributed by atoms with van der Waals surface area (Å²) in [4.78, 5) is 38.1. The molecular weight excluding hydrogens is 588 g/mol. The van der Waals surface area contributed by atoms with E-state index in [4.69, 9.17) is 10.5 Å². The van der Waals surface area contributed by atoms with Gasteiger partial charge in [-0.05, 0) is 67.7 Å².